The van der Waals surface area contributed by atoms with E-state index in [9.17, 15) is 0 Å². The fraction of sp³-hybridized carbons (Fsp3) is 0.667. The quantitative estimate of drug-likeness (QED) is 0.753. The maximum absolute atomic E-state index is 3.83. The van der Waals surface area contributed by atoms with Crippen molar-refractivity contribution in [3.63, 3.8) is 0 Å². The summed E-state index contributed by atoms with van der Waals surface area (Å²) in [5.74, 6) is 0. The first kappa shape index (κ1) is 14.6. The summed E-state index contributed by atoms with van der Waals surface area (Å²) in [6.07, 6.45) is 6.75. The molecule has 1 nitrogen and oxygen atoms in total. The molecular weight excluding hydrogens is 230 g/mol. The molecule has 1 fully saturated rings. The van der Waals surface area contributed by atoms with Crippen LogP contribution in [0.2, 0.25) is 0 Å². The SMILES string of the molecule is Cc1ccc([C@@H](C)NC2CCCC(C)(C)CC2)cc1. The molecule has 0 bridgehead atoms. The number of nitrogens with one attached hydrogen (secondary N) is 1. The van der Waals surface area contributed by atoms with E-state index in [4.69, 9.17) is 0 Å². The predicted molar refractivity (Wildman–Crippen MR) is 83.4 cm³/mol. The first-order valence-corrected chi connectivity index (χ1v) is 7.79. The normalized spacial score (nSPS) is 24.7. The molecule has 0 aromatic heterocycles. The van der Waals surface area contributed by atoms with Gasteiger partial charge in [-0.3, -0.25) is 0 Å². The van der Waals surface area contributed by atoms with Crippen LogP contribution < -0.4 is 5.32 Å². The zero-order valence-corrected chi connectivity index (χ0v) is 13.0. The van der Waals surface area contributed by atoms with E-state index in [0.717, 1.165) is 0 Å². The molecule has 106 valence electrons. The van der Waals surface area contributed by atoms with Crippen LogP contribution in [0.1, 0.15) is 70.0 Å². The summed E-state index contributed by atoms with van der Waals surface area (Å²) in [6.45, 7) is 9.27. The molecule has 1 aliphatic rings. The lowest BCUT2D eigenvalue weighted by Crippen LogP contribution is -2.31. The topological polar surface area (TPSA) is 12.0 Å². The van der Waals surface area contributed by atoms with E-state index in [1.807, 2.05) is 0 Å². The van der Waals surface area contributed by atoms with E-state index in [0.29, 0.717) is 17.5 Å². The summed E-state index contributed by atoms with van der Waals surface area (Å²) in [5, 5.41) is 3.83. The van der Waals surface area contributed by atoms with Crippen LogP contribution in [-0.2, 0) is 0 Å². The van der Waals surface area contributed by atoms with Crippen molar-refractivity contribution in [2.24, 2.45) is 5.41 Å². The monoisotopic (exact) mass is 259 g/mol. The van der Waals surface area contributed by atoms with Crippen LogP contribution in [0, 0.1) is 12.3 Å². The lowest BCUT2D eigenvalue weighted by Gasteiger charge is -2.24. The Labute approximate surface area is 118 Å². The minimum Gasteiger partial charge on any atom is -0.307 e. The standard InChI is InChI=1S/C18H29N/c1-14-7-9-16(10-8-14)15(2)19-17-6-5-12-18(3,4)13-11-17/h7-10,15,17,19H,5-6,11-13H2,1-4H3/t15-,17?/m1/s1. The van der Waals surface area contributed by atoms with Gasteiger partial charge in [0.1, 0.15) is 0 Å². The largest absolute Gasteiger partial charge is 0.307 e. The minimum absolute atomic E-state index is 0.465. The number of hydrogen-bond donors (Lipinski definition) is 1. The Balaban J connectivity index is 1.91. The van der Waals surface area contributed by atoms with Crippen LogP contribution in [0.5, 0.6) is 0 Å². The zero-order chi connectivity index (χ0) is 13.9. The Morgan fingerprint density at radius 2 is 1.79 bits per heavy atom. The molecule has 1 heteroatoms. The highest BCUT2D eigenvalue weighted by Crippen LogP contribution is 2.34. The van der Waals surface area contributed by atoms with Crippen LogP contribution in [0.4, 0.5) is 0 Å². The van der Waals surface area contributed by atoms with Gasteiger partial charge in [0.05, 0.1) is 0 Å². The molecule has 1 aliphatic carbocycles. The summed E-state index contributed by atoms with van der Waals surface area (Å²) >= 11 is 0. The molecule has 19 heavy (non-hydrogen) atoms. The van der Waals surface area contributed by atoms with Gasteiger partial charge in [-0.25, -0.2) is 0 Å². The van der Waals surface area contributed by atoms with Gasteiger partial charge in [-0.2, -0.15) is 0 Å². The third-order valence-electron chi connectivity index (χ3n) is 4.64. The number of hydrogen-bond acceptors (Lipinski definition) is 1. The maximum atomic E-state index is 3.83. The number of benzene rings is 1. The lowest BCUT2D eigenvalue weighted by atomic mass is 9.85. The van der Waals surface area contributed by atoms with Gasteiger partial charge in [-0.1, -0.05) is 50.1 Å². The highest BCUT2D eigenvalue weighted by molar-refractivity contribution is 5.23. The average molecular weight is 259 g/mol. The van der Waals surface area contributed by atoms with Gasteiger partial charge in [-0.05, 0) is 50.5 Å². The number of rotatable bonds is 3. The number of aryl methyl sites for hydroxylation is 1. The molecule has 1 saturated carbocycles. The van der Waals surface area contributed by atoms with Crippen molar-refractivity contribution in [3.8, 4) is 0 Å². The predicted octanol–water partition coefficient (Wildman–Crippen LogP) is 5.00. The fourth-order valence-electron chi connectivity index (χ4n) is 3.13. The molecule has 0 aliphatic heterocycles. The summed E-state index contributed by atoms with van der Waals surface area (Å²) in [7, 11) is 0. The highest BCUT2D eigenvalue weighted by atomic mass is 14.9. The van der Waals surface area contributed by atoms with Crippen LogP contribution in [0.3, 0.4) is 0 Å². The molecule has 0 radical (unpaired) electrons. The van der Waals surface area contributed by atoms with Gasteiger partial charge in [-0.15, -0.1) is 0 Å². The molecule has 0 spiro atoms. The third-order valence-corrected chi connectivity index (χ3v) is 4.64. The second kappa shape index (κ2) is 6.09. The minimum atomic E-state index is 0.465. The molecule has 1 N–H and O–H groups in total. The van der Waals surface area contributed by atoms with Crippen molar-refractivity contribution >= 4 is 0 Å². The molecule has 2 rings (SSSR count). The second-order valence-corrected chi connectivity index (χ2v) is 7.09. The molecule has 1 aromatic carbocycles. The van der Waals surface area contributed by atoms with Crippen LogP contribution in [-0.4, -0.2) is 6.04 Å². The van der Waals surface area contributed by atoms with E-state index in [-0.39, 0.29) is 0 Å². The summed E-state index contributed by atoms with van der Waals surface area (Å²) in [6, 6.07) is 10.1. The first-order chi connectivity index (χ1) is 8.96. The molecule has 0 amide bonds. The maximum Gasteiger partial charge on any atom is 0.0294 e. The Morgan fingerprint density at radius 3 is 2.47 bits per heavy atom. The van der Waals surface area contributed by atoms with Crippen molar-refractivity contribution in [1.82, 2.24) is 5.32 Å². The van der Waals surface area contributed by atoms with Crippen molar-refractivity contribution in [3.05, 3.63) is 35.4 Å². The van der Waals surface area contributed by atoms with Crippen molar-refractivity contribution in [2.75, 3.05) is 0 Å². The Morgan fingerprint density at radius 1 is 1.11 bits per heavy atom. The van der Waals surface area contributed by atoms with E-state index >= 15 is 0 Å². The molecule has 1 unspecified atom stereocenters. The summed E-state index contributed by atoms with van der Waals surface area (Å²) < 4.78 is 0. The zero-order valence-electron chi connectivity index (χ0n) is 13.0. The summed E-state index contributed by atoms with van der Waals surface area (Å²) in [4.78, 5) is 0. The van der Waals surface area contributed by atoms with Gasteiger partial charge >= 0.3 is 0 Å². The van der Waals surface area contributed by atoms with Gasteiger partial charge in [0.2, 0.25) is 0 Å². The van der Waals surface area contributed by atoms with Crippen LogP contribution in [0.15, 0.2) is 24.3 Å². The van der Waals surface area contributed by atoms with Gasteiger partial charge in [0.25, 0.3) is 0 Å². The Kier molecular flexibility index (Phi) is 4.67. The van der Waals surface area contributed by atoms with E-state index in [1.54, 1.807) is 0 Å². The molecule has 0 heterocycles. The molecule has 2 atom stereocenters. The van der Waals surface area contributed by atoms with Crippen molar-refractivity contribution in [1.29, 1.82) is 0 Å². The lowest BCUT2D eigenvalue weighted by molar-refractivity contribution is 0.307. The Bertz CT molecular complexity index is 391. The highest BCUT2D eigenvalue weighted by Gasteiger charge is 2.24. The molecule has 0 saturated heterocycles. The van der Waals surface area contributed by atoms with Gasteiger partial charge < -0.3 is 5.32 Å². The Hall–Kier alpha value is -0.820. The van der Waals surface area contributed by atoms with Gasteiger partial charge in [0.15, 0.2) is 0 Å². The van der Waals surface area contributed by atoms with E-state index < -0.39 is 0 Å². The molecular formula is C18H29N. The fourth-order valence-corrected chi connectivity index (χ4v) is 3.13. The van der Waals surface area contributed by atoms with Gasteiger partial charge in [0, 0.05) is 12.1 Å². The van der Waals surface area contributed by atoms with Crippen molar-refractivity contribution in [2.45, 2.75) is 71.9 Å². The average Bonchev–Trinajstić information content (AvgIpc) is 2.52. The third kappa shape index (κ3) is 4.35. The molecule has 1 aromatic rings. The summed E-state index contributed by atoms with van der Waals surface area (Å²) in [5.41, 5.74) is 3.30. The van der Waals surface area contributed by atoms with Crippen LogP contribution in [0.25, 0.3) is 0 Å². The van der Waals surface area contributed by atoms with E-state index in [1.165, 1.54) is 43.2 Å². The smallest absolute Gasteiger partial charge is 0.0294 e. The van der Waals surface area contributed by atoms with E-state index in [2.05, 4.69) is 57.3 Å². The van der Waals surface area contributed by atoms with Crippen LogP contribution >= 0.6 is 0 Å². The van der Waals surface area contributed by atoms with Crippen molar-refractivity contribution < 1.29 is 0 Å². The first-order valence-electron chi connectivity index (χ1n) is 7.79. The second-order valence-electron chi connectivity index (χ2n) is 7.09.